The number of benzene rings is 3. The quantitative estimate of drug-likeness (QED) is 0.128. The average Bonchev–Trinajstić information content (AvgIpc) is 3.42. The fourth-order valence-corrected chi connectivity index (χ4v) is 9.37. The Labute approximate surface area is 311 Å². The number of phenolic OH excluding ortho intramolecular Hbond substituents is 1. The van der Waals surface area contributed by atoms with Gasteiger partial charge in [-0.05, 0) is 65.8 Å². The highest BCUT2D eigenvalue weighted by Gasteiger charge is 2.66. The lowest BCUT2D eigenvalue weighted by atomic mass is 9.44. The van der Waals surface area contributed by atoms with Gasteiger partial charge < -0.3 is 5.11 Å². The third-order valence-corrected chi connectivity index (χ3v) is 11.7. The number of carbonyl (C=O) groups is 4. The van der Waals surface area contributed by atoms with Crippen LogP contribution in [0.15, 0.2) is 109 Å². The molecular formula is C41H30ClF4N3O5. The molecule has 2 heterocycles. The number of hydrogen-bond donors (Lipinski definition) is 1. The van der Waals surface area contributed by atoms with Gasteiger partial charge >= 0.3 is 6.18 Å². The summed E-state index contributed by atoms with van der Waals surface area (Å²) in [4.78, 5) is 62.3. The van der Waals surface area contributed by atoms with E-state index < -0.39 is 81.9 Å². The lowest BCUT2D eigenvalue weighted by Gasteiger charge is -2.55. The van der Waals surface area contributed by atoms with Crippen LogP contribution < -0.4 is 5.01 Å². The summed E-state index contributed by atoms with van der Waals surface area (Å²) in [6.07, 6.45) is -1.77. The molecule has 54 heavy (non-hydrogen) atoms. The van der Waals surface area contributed by atoms with E-state index in [1.54, 1.807) is 66.7 Å². The van der Waals surface area contributed by atoms with E-state index in [0.717, 1.165) is 22.2 Å². The molecule has 2 fully saturated rings. The molecule has 13 heteroatoms. The summed E-state index contributed by atoms with van der Waals surface area (Å²) in [5.41, 5.74) is -0.891. The first-order valence-electron chi connectivity index (χ1n) is 17.2. The van der Waals surface area contributed by atoms with Crippen molar-refractivity contribution in [3.63, 3.8) is 0 Å². The zero-order chi connectivity index (χ0) is 38.3. The van der Waals surface area contributed by atoms with E-state index in [1.165, 1.54) is 25.3 Å². The highest BCUT2D eigenvalue weighted by Crippen LogP contribution is 2.64. The molecule has 0 unspecified atom stereocenters. The van der Waals surface area contributed by atoms with Crippen molar-refractivity contribution in [2.45, 2.75) is 30.4 Å². The van der Waals surface area contributed by atoms with Crippen LogP contribution in [-0.2, 0) is 30.8 Å². The zero-order valence-electron chi connectivity index (χ0n) is 28.4. The van der Waals surface area contributed by atoms with Gasteiger partial charge in [0, 0.05) is 24.5 Å². The van der Waals surface area contributed by atoms with Gasteiger partial charge in [-0.2, -0.15) is 18.2 Å². The number of hydrogen-bond acceptors (Lipinski definition) is 7. The van der Waals surface area contributed by atoms with Crippen LogP contribution in [0, 0.1) is 29.5 Å². The van der Waals surface area contributed by atoms with Gasteiger partial charge in [0.15, 0.2) is 29.0 Å². The molecule has 0 radical (unpaired) electrons. The maximum absolute atomic E-state index is 15.3. The standard InChI is InChI=1S/C41H30ClF4N3O5/c1-48(37-29(42)15-17-32(47-37)41(44,45)46)49-38(53)25-14-13-24-27(34(25)39(49)54)19-28-36(52)26(21-8-4-2-5-9-21)20-33(51)40(28,23-10-6-3-7-11-23)35(24)22-12-16-31(50)30(43)18-22/h2-13,15-18,20,25,27-28,34-35,50H,14,19H2,1H3/t25-,27+,28-,34-,35-,40-/m0/s1. The van der Waals surface area contributed by atoms with Gasteiger partial charge in [0.2, 0.25) is 0 Å². The molecule has 8 rings (SSSR count). The number of alkyl halides is 3. The van der Waals surface area contributed by atoms with Gasteiger partial charge in [-0.3, -0.25) is 24.2 Å². The molecule has 0 spiro atoms. The van der Waals surface area contributed by atoms with Crippen LogP contribution in [0.3, 0.4) is 0 Å². The van der Waals surface area contributed by atoms with Gasteiger partial charge in [0.05, 0.1) is 22.3 Å². The van der Waals surface area contributed by atoms with Crippen LogP contribution in [0.4, 0.5) is 23.4 Å². The predicted molar refractivity (Wildman–Crippen MR) is 189 cm³/mol. The number of amides is 2. The number of imide groups is 1. The average molecular weight is 756 g/mol. The van der Waals surface area contributed by atoms with Crippen molar-refractivity contribution >= 4 is 46.4 Å². The Morgan fingerprint density at radius 2 is 1.59 bits per heavy atom. The van der Waals surface area contributed by atoms with E-state index in [0.29, 0.717) is 22.8 Å². The molecule has 2 amide bonds. The smallest absolute Gasteiger partial charge is 0.433 e. The minimum atomic E-state index is -4.83. The Morgan fingerprint density at radius 1 is 0.907 bits per heavy atom. The number of ketones is 2. The van der Waals surface area contributed by atoms with Gasteiger partial charge in [-0.25, -0.2) is 9.37 Å². The fraction of sp³-hybridized carbons (Fsp3) is 0.244. The lowest BCUT2D eigenvalue weighted by molar-refractivity contribution is -0.141. The molecule has 1 saturated carbocycles. The topological polar surface area (TPSA) is 108 Å². The third-order valence-electron chi connectivity index (χ3n) is 11.4. The summed E-state index contributed by atoms with van der Waals surface area (Å²) in [6, 6.07) is 22.8. The molecule has 3 aliphatic carbocycles. The Kier molecular flexibility index (Phi) is 8.37. The van der Waals surface area contributed by atoms with Gasteiger partial charge in [-0.15, -0.1) is 0 Å². The number of allylic oxidation sites excluding steroid dienone is 4. The second-order valence-electron chi connectivity index (χ2n) is 14.0. The van der Waals surface area contributed by atoms with E-state index in [2.05, 4.69) is 4.98 Å². The number of halogens is 5. The third kappa shape index (κ3) is 5.21. The minimum absolute atomic E-state index is 0.00894. The summed E-state index contributed by atoms with van der Waals surface area (Å²) in [6.45, 7) is 0. The van der Waals surface area contributed by atoms with Gasteiger partial charge in [0.1, 0.15) is 5.69 Å². The van der Waals surface area contributed by atoms with Crippen molar-refractivity contribution in [2.24, 2.45) is 23.7 Å². The summed E-state index contributed by atoms with van der Waals surface area (Å²) in [7, 11) is 1.22. The molecule has 1 N–H and O–H groups in total. The summed E-state index contributed by atoms with van der Waals surface area (Å²) in [5.74, 6) is -9.30. The number of anilines is 1. The number of pyridine rings is 1. The molecule has 0 bridgehead atoms. The highest BCUT2D eigenvalue weighted by molar-refractivity contribution is 6.33. The molecule has 3 aromatic carbocycles. The predicted octanol–water partition coefficient (Wildman–Crippen LogP) is 7.47. The van der Waals surface area contributed by atoms with Crippen molar-refractivity contribution in [1.82, 2.24) is 9.99 Å². The molecule has 1 saturated heterocycles. The SMILES string of the molecule is CN(c1nc(C(F)(F)F)ccc1Cl)N1C(=O)[C@H]2[C@H](CC=C3[C@H]2C[C@H]2C(=O)C(c4ccccc4)=CC(=O)[C@@]2(c2ccccc2)[C@H]3c2ccc(O)c(F)c2)C1=O. The molecule has 8 nitrogen and oxygen atoms in total. The van der Waals surface area contributed by atoms with Crippen LogP contribution >= 0.6 is 11.6 Å². The first-order chi connectivity index (χ1) is 25.7. The molecular weight excluding hydrogens is 726 g/mol. The largest absolute Gasteiger partial charge is 0.505 e. The van der Waals surface area contributed by atoms with Crippen molar-refractivity contribution in [2.75, 3.05) is 12.1 Å². The minimum Gasteiger partial charge on any atom is -0.505 e. The number of carbonyl (C=O) groups excluding carboxylic acids is 4. The number of Topliss-reactive ketones (excluding diaryl/α,β-unsaturated/α-hetero) is 1. The summed E-state index contributed by atoms with van der Waals surface area (Å²) >= 11 is 6.28. The molecule has 1 aromatic heterocycles. The van der Waals surface area contributed by atoms with Crippen LogP contribution in [0.5, 0.6) is 5.75 Å². The molecule has 4 aromatic rings. The number of aromatic nitrogens is 1. The van der Waals surface area contributed by atoms with Crippen LogP contribution in [0.1, 0.15) is 41.1 Å². The van der Waals surface area contributed by atoms with Gasteiger partial charge in [-0.1, -0.05) is 90.0 Å². The Balaban J connectivity index is 1.30. The number of nitrogens with zero attached hydrogens (tertiary/aromatic N) is 3. The number of rotatable bonds is 5. The maximum Gasteiger partial charge on any atom is 0.433 e. The lowest BCUT2D eigenvalue weighted by Crippen LogP contribution is -2.59. The first-order valence-corrected chi connectivity index (χ1v) is 17.6. The van der Waals surface area contributed by atoms with Gasteiger partial charge in [0.25, 0.3) is 11.8 Å². The maximum atomic E-state index is 15.3. The van der Waals surface area contributed by atoms with Crippen LogP contribution in [0.25, 0.3) is 5.57 Å². The van der Waals surface area contributed by atoms with Crippen molar-refractivity contribution in [3.05, 3.63) is 142 Å². The van der Waals surface area contributed by atoms with Crippen LogP contribution in [0.2, 0.25) is 5.02 Å². The molecule has 4 aliphatic rings. The van der Waals surface area contributed by atoms with Crippen LogP contribution in [-0.4, -0.2) is 45.5 Å². The van der Waals surface area contributed by atoms with E-state index in [1.807, 2.05) is 0 Å². The monoisotopic (exact) mass is 755 g/mol. The second kappa shape index (κ2) is 12.8. The van der Waals surface area contributed by atoms with Crippen molar-refractivity contribution in [3.8, 4) is 5.75 Å². The number of aromatic hydroxyl groups is 1. The van der Waals surface area contributed by atoms with Crippen molar-refractivity contribution < 1.29 is 41.8 Å². The van der Waals surface area contributed by atoms with E-state index >= 15 is 9.18 Å². The highest BCUT2D eigenvalue weighted by atomic mass is 35.5. The first kappa shape index (κ1) is 35.4. The summed E-state index contributed by atoms with van der Waals surface area (Å²) < 4.78 is 56.3. The van der Waals surface area contributed by atoms with E-state index in [9.17, 15) is 32.7 Å². The zero-order valence-corrected chi connectivity index (χ0v) is 29.2. The Hall–Kier alpha value is -5.62. The fourth-order valence-electron chi connectivity index (χ4n) is 9.14. The number of fused-ring (bicyclic) bond motifs is 4. The Bertz CT molecular complexity index is 2310. The van der Waals surface area contributed by atoms with Crippen molar-refractivity contribution in [1.29, 1.82) is 0 Å². The second-order valence-corrected chi connectivity index (χ2v) is 14.4. The summed E-state index contributed by atoms with van der Waals surface area (Å²) in [5, 5.41) is 11.6. The normalized spacial score (nSPS) is 26.5. The molecule has 1 aliphatic heterocycles. The van der Waals surface area contributed by atoms with E-state index in [-0.39, 0.29) is 34.8 Å². The number of hydrazine groups is 1. The number of phenols is 1. The molecule has 274 valence electrons. The Morgan fingerprint density at radius 3 is 2.26 bits per heavy atom. The van der Waals surface area contributed by atoms with E-state index in [4.69, 9.17) is 11.6 Å². The molecule has 6 atom stereocenters.